The molecule has 2 aromatic rings. The Morgan fingerprint density at radius 3 is 2.71 bits per heavy atom. The van der Waals surface area contributed by atoms with Crippen LogP contribution < -0.4 is 5.46 Å². The summed E-state index contributed by atoms with van der Waals surface area (Å²) in [6, 6.07) is 9.13. The minimum absolute atomic E-state index is 0.0383. The average Bonchev–Trinajstić information content (AvgIpc) is 2.18. The van der Waals surface area contributed by atoms with Crippen molar-refractivity contribution in [3.05, 3.63) is 35.9 Å². The maximum Gasteiger partial charge on any atom is 0.154 e. The molecule has 0 aliphatic rings. The van der Waals surface area contributed by atoms with Gasteiger partial charge in [-0.1, -0.05) is 29.7 Å². The molecule has 0 bridgehead atoms. The third kappa shape index (κ3) is 1.27. The van der Waals surface area contributed by atoms with Gasteiger partial charge < -0.3 is 5.11 Å². The standard InChI is InChI=1S/C11H9BO2/c12-8-2-3-9-7(5-8)1-4-11(14)10(9)6-13/h1-6,14H,12H2. The summed E-state index contributed by atoms with van der Waals surface area (Å²) in [5, 5.41) is 11.2. The number of phenolic OH excluding ortho intramolecular Hbond substituents is 1. The largest absolute Gasteiger partial charge is 0.507 e. The molecule has 0 fully saturated rings. The average molecular weight is 184 g/mol. The van der Waals surface area contributed by atoms with E-state index in [1.807, 2.05) is 32.1 Å². The minimum atomic E-state index is 0.0383. The van der Waals surface area contributed by atoms with Gasteiger partial charge in [0.2, 0.25) is 0 Å². The van der Waals surface area contributed by atoms with E-state index in [0.29, 0.717) is 11.8 Å². The maximum atomic E-state index is 10.8. The van der Waals surface area contributed by atoms with Crippen LogP contribution in [0.5, 0.6) is 5.75 Å². The van der Waals surface area contributed by atoms with Gasteiger partial charge in [0.1, 0.15) is 13.6 Å². The molecule has 14 heavy (non-hydrogen) atoms. The van der Waals surface area contributed by atoms with Crippen LogP contribution in [-0.4, -0.2) is 19.2 Å². The van der Waals surface area contributed by atoms with E-state index in [0.717, 1.165) is 16.2 Å². The number of carbonyl (C=O) groups is 1. The molecule has 3 heteroatoms. The van der Waals surface area contributed by atoms with Crippen molar-refractivity contribution < 1.29 is 9.90 Å². The molecule has 68 valence electrons. The predicted molar refractivity (Wildman–Crippen MR) is 59.2 cm³/mol. The lowest BCUT2D eigenvalue weighted by molar-refractivity contribution is 0.112. The molecule has 2 aromatic carbocycles. The quantitative estimate of drug-likeness (QED) is 0.520. The van der Waals surface area contributed by atoms with E-state index < -0.39 is 0 Å². The smallest absolute Gasteiger partial charge is 0.154 e. The lowest BCUT2D eigenvalue weighted by Gasteiger charge is -2.04. The summed E-state index contributed by atoms with van der Waals surface area (Å²) in [6.07, 6.45) is 0.687. The fourth-order valence-corrected chi connectivity index (χ4v) is 1.59. The molecule has 0 aromatic heterocycles. The van der Waals surface area contributed by atoms with Crippen LogP contribution in [0.25, 0.3) is 10.8 Å². The third-order valence-electron chi connectivity index (χ3n) is 2.31. The Bertz CT molecular complexity index is 506. The first-order chi connectivity index (χ1) is 6.72. The van der Waals surface area contributed by atoms with Gasteiger partial charge >= 0.3 is 0 Å². The second kappa shape index (κ2) is 3.18. The van der Waals surface area contributed by atoms with E-state index in [1.165, 1.54) is 0 Å². The summed E-state index contributed by atoms with van der Waals surface area (Å²) in [5.41, 5.74) is 1.50. The van der Waals surface area contributed by atoms with E-state index >= 15 is 0 Å². The van der Waals surface area contributed by atoms with E-state index in [-0.39, 0.29) is 5.75 Å². The van der Waals surface area contributed by atoms with Crippen molar-refractivity contribution in [2.75, 3.05) is 0 Å². The van der Waals surface area contributed by atoms with Crippen LogP contribution in [0.3, 0.4) is 0 Å². The second-order valence-electron chi connectivity index (χ2n) is 3.34. The van der Waals surface area contributed by atoms with Gasteiger partial charge in [0.15, 0.2) is 6.29 Å². The van der Waals surface area contributed by atoms with Crippen LogP contribution in [0.1, 0.15) is 10.4 Å². The van der Waals surface area contributed by atoms with Gasteiger partial charge in [-0.15, -0.1) is 0 Å². The Labute approximate surface area is 82.6 Å². The molecule has 0 spiro atoms. The molecule has 0 amide bonds. The number of aldehydes is 1. The number of carbonyl (C=O) groups excluding carboxylic acids is 1. The Kier molecular flexibility index (Phi) is 2.00. The summed E-state index contributed by atoms with van der Waals surface area (Å²) in [7, 11) is 1.99. The summed E-state index contributed by atoms with van der Waals surface area (Å²) < 4.78 is 0. The van der Waals surface area contributed by atoms with Crippen LogP contribution in [-0.2, 0) is 0 Å². The van der Waals surface area contributed by atoms with Gasteiger partial charge in [-0.05, 0) is 16.8 Å². The van der Waals surface area contributed by atoms with Gasteiger partial charge in [-0.3, -0.25) is 4.79 Å². The maximum absolute atomic E-state index is 10.8. The third-order valence-corrected chi connectivity index (χ3v) is 2.31. The molecule has 0 heterocycles. The number of benzene rings is 2. The summed E-state index contributed by atoms with van der Waals surface area (Å²) in [6.45, 7) is 0. The van der Waals surface area contributed by atoms with Gasteiger partial charge in [-0.2, -0.15) is 0 Å². The first-order valence-electron chi connectivity index (χ1n) is 4.40. The number of aromatic hydroxyl groups is 1. The number of phenols is 1. The highest BCUT2D eigenvalue weighted by molar-refractivity contribution is 6.33. The highest BCUT2D eigenvalue weighted by atomic mass is 16.3. The minimum Gasteiger partial charge on any atom is -0.507 e. The zero-order valence-electron chi connectivity index (χ0n) is 7.82. The second-order valence-corrected chi connectivity index (χ2v) is 3.34. The summed E-state index contributed by atoms with van der Waals surface area (Å²) >= 11 is 0. The summed E-state index contributed by atoms with van der Waals surface area (Å²) in [5.74, 6) is 0.0383. The van der Waals surface area contributed by atoms with E-state index in [9.17, 15) is 9.90 Å². The molecule has 0 aliphatic heterocycles. The van der Waals surface area contributed by atoms with Crippen LogP contribution in [0.15, 0.2) is 30.3 Å². The van der Waals surface area contributed by atoms with Crippen molar-refractivity contribution >= 4 is 30.4 Å². The molecule has 0 atom stereocenters. The topological polar surface area (TPSA) is 37.3 Å². The molecule has 0 saturated carbocycles. The predicted octanol–water partition coefficient (Wildman–Crippen LogP) is 0.616. The zero-order valence-corrected chi connectivity index (χ0v) is 7.82. The summed E-state index contributed by atoms with van der Waals surface area (Å²) in [4.78, 5) is 10.8. The molecule has 0 unspecified atom stereocenters. The van der Waals surface area contributed by atoms with Gasteiger partial charge in [0, 0.05) is 0 Å². The van der Waals surface area contributed by atoms with Crippen LogP contribution in [0.2, 0.25) is 0 Å². The molecule has 2 rings (SSSR count). The molecule has 2 nitrogen and oxygen atoms in total. The molecule has 0 saturated heterocycles. The number of hydrogen-bond acceptors (Lipinski definition) is 2. The van der Waals surface area contributed by atoms with E-state index in [4.69, 9.17) is 0 Å². The fourth-order valence-electron chi connectivity index (χ4n) is 1.59. The Balaban J connectivity index is 2.88. The fraction of sp³-hybridized carbons (Fsp3) is 0. The van der Waals surface area contributed by atoms with E-state index in [2.05, 4.69) is 0 Å². The van der Waals surface area contributed by atoms with Gasteiger partial charge in [0.25, 0.3) is 0 Å². The number of hydrogen-bond donors (Lipinski definition) is 1. The van der Waals surface area contributed by atoms with Crippen molar-refractivity contribution in [1.29, 1.82) is 0 Å². The first-order valence-corrected chi connectivity index (χ1v) is 4.40. The van der Waals surface area contributed by atoms with Crippen molar-refractivity contribution in [1.82, 2.24) is 0 Å². The lowest BCUT2D eigenvalue weighted by atomic mass is 9.92. The molecule has 0 radical (unpaired) electrons. The normalized spacial score (nSPS) is 10.3. The molecule has 1 N–H and O–H groups in total. The van der Waals surface area contributed by atoms with Gasteiger partial charge in [0.05, 0.1) is 5.56 Å². The molecule has 0 aliphatic carbocycles. The Morgan fingerprint density at radius 1 is 1.21 bits per heavy atom. The monoisotopic (exact) mass is 184 g/mol. The van der Waals surface area contributed by atoms with Crippen molar-refractivity contribution in [3.63, 3.8) is 0 Å². The Hall–Kier alpha value is -1.77. The van der Waals surface area contributed by atoms with Crippen molar-refractivity contribution in [2.45, 2.75) is 0 Å². The first kappa shape index (κ1) is 8.82. The van der Waals surface area contributed by atoms with Crippen LogP contribution in [0.4, 0.5) is 0 Å². The lowest BCUT2D eigenvalue weighted by Crippen LogP contribution is -2.00. The highest BCUT2D eigenvalue weighted by Crippen LogP contribution is 2.24. The number of rotatable bonds is 1. The SMILES string of the molecule is Bc1ccc2c(C=O)c(O)ccc2c1. The van der Waals surface area contributed by atoms with Crippen LogP contribution >= 0.6 is 0 Å². The van der Waals surface area contributed by atoms with Crippen molar-refractivity contribution in [2.24, 2.45) is 0 Å². The Morgan fingerprint density at radius 2 is 2.00 bits per heavy atom. The van der Waals surface area contributed by atoms with Crippen molar-refractivity contribution in [3.8, 4) is 5.75 Å². The number of fused-ring (bicyclic) bond motifs is 1. The van der Waals surface area contributed by atoms with E-state index in [1.54, 1.807) is 6.07 Å². The molecular weight excluding hydrogens is 175 g/mol. The van der Waals surface area contributed by atoms with Gasteiger partial charge in [-0.25, -0.2) is 0 Å². The zero-order chi connectivity index (χ0) is 10.1. The highest BCUT2D eigenvalue weighted by Gasteiger charge is 2.04. The van der Waals surface area contributed by atoms with Crippen LogP contribution in [0, 0.1) is 0 Å². The molecular formula is C11H9BO2.